The van der Waals surface area contributed by atoms with Gasteiger partial charge in [-0.25, -0.2) is 4.79 Å². The largest absolute Gasteiger partial charge is 0.367 e. The van der Waals surface area contributed by atoms with Crippen LogP contribution in [0, 0.1) is 0 Å². The maximum atomic E-state index is 11.7. The molecule has 2 rings (SSSR count). The molecule has 0 radical (unpaired) electrons. The molecule has 0 aromatic carbocycles. The number of carbonyl (C=O) groups is 1. The average molecular weight is 208 g/mol. The van der Waals surface area contributed by atoms with Crippen LogP contribution in [0.25, 0.3) is 0 Å². The number of carbonyl (C=O) groups excluding carboxylic acids is 1. The van der Waals surface area contributed by atoms with E-state index in [0.29, 0.717) is 6.54 Å². The zero-order valence-corrected chi connectivity index (χ0v) is 8.62. The lowest BCUT2D eigenvalue weighted by molar-refractivity contribution is 0.190. The van der Waals surface area contributed by atoms with E-state index < -0.39 is 0 Å². The SMILES string of the molecule is O=C(NCc1cc[nH]c1)N1CCNCC1. The molecule has 0 saturated carbocycles. The van der Waals surface area contributed by atoms with E-state index in [1.807, 2.05) is 23.4 Å². The highest BCUT2D eigenvalue weighted by molar-refractivity contribution is 5.74. The summed E-state index contributed by atoms with van der Waals surface area (Å²) in [6.45, 7) is 3.94. The summed E-state index contributed by atoms with van der Waals surface area (Å²) in [6.07, 6.45) is 3.74. The van der Waals surface area contributed by atoms with Gasteiger partial charge in [-0.05, 0) is 11.6 Å². The Bertz CT molecular complexity index is 303. The van der Waals surface area contributed by atoms with Crippen LogP contribution < -0.4 is 10.6 Å². The Hall–Kier alpha value is -1.49. The van der Waals surface area contributed by atoms with Crippen molar-refractivity contribution in [2.45, 2.75) is 6.54 Å². The van der Waals surface area contributed by atoms with Crippen molar-refractivity contribution in [2.24, 2.45) is 0 Å². The zero-order chi connectivity index (χ0) is 10.5. The molecule has 1 aliphatic heterocycles. The number of piperazine rings is 1. The highest BCUT2D eigenvalue weighted by Gasteiger charge is 2.15. The fourth-order valence-electron chi connectivity index (χ4n) is 1.63. The van der Waals surface area contributed by atoms with Gasteiger partial charge >= 0.3 is 6.03 Å². The third-order valence-electron chi connectivity index (χ3n) is 2.51. The van der Waals surface area contributed by atoms with E-state index in [4.69, 9.17) is 0 Å². The highest BCUT2D eigenvalue weighted by atomic mass is 16.2. The summed E-state index contributed by atoms with van der Waals surface area (Å²) in [7, 11) is 0. The van der Waals surface area contributed by atoms with Gasteiger partial charge in [0.25, 0.3) is 0 Å². The van der Waals surface area contributed by atoms with Crippen LogP contribution in [-0.4, -0.2) is 42.1 Å². The first-order valence-corrected chi connectivity index (χ1v) is 5.21. The minimum Gasteiger partial charge on any atom is -0.367 e. The van der Waals surface area contributed by atoms with Crippen LogP contribution in [0.3, 0.4) is 0 Å². The number of aromatic amines is 1. The second-order valence-corrected chi connectivity index (χ2v) is 3.62. The molecule has 0 aliphatic carbocycles. The first kappa shape index (κ1) is 10.0. The summed E-state index contributed by atoms with van der Waals surface area (Å²) < 4.78 is 0. The predicted molar refractivity (Wildman–Crippen MR) is 57.5 cm³/mol. The molecular weight excluding hydrogens is 192 g/mol. The van der Waals surface area contributed by atoms with Crippen molar-refractivity contribution in [3.05, 3.63) is 24.0 Å². The molecule has 0 bridgehead atoms. The Kier molecular flexibility index (Phi) is 3.24. The van der Waals surface area contributed by atoms with Gasteiger partial charge in [0.05, 0.1) is 0 Å². The Morgan fingerprint density at radius 3 is 2.93 bits per heavy atom. The Morgan fingerprint density at radius 2 is 2.27 bits per heavy atom. The lowest BCUT2D eigenvalue weighted by atomic mass is 10.3. The number of nitrogens with one attached hydrogen (secondary N) is 3. The lowest BCUT2D eigenvalue weighted by Crippen LogP contribution is -2.50. The molecule has 1 aliphatic rings. The number of amides is 2. The number of rotatable bonds is 2. The first-order valence-electron chi connectivity index (χ1n) is 5.21. The fourth-order valence-corrected chi connectivity index (χ4v) is 1.63. The second kappa shape index (κ2) is 4.84. The number of urea groups is 1. The second-order valence-electron chi connectivity index (χ2n) is 3.62. The van der Waals surface area contributed by atoms with Gasteiger partial charge in [0.2, 0.25) is 0 Å². The van der Waals surface area contributed by atoms with Crippen LogP contribution in [0.2, 0.25) is 0 Å². The van der Waals surface area contributed by atoms with Gasteiger partial charge in [0.1, 0.15) is 0 Å². The van der Waals surface area contributed by atoms with E-state index >= 15 is 0 Å². The highest BCUT2D eigenvalue weighted by Crippen LogP contribution is 1.97. The molecule has 1 aromatic rings. The van der Waals surface area contributed by atoms with Gasteiger partial charge in [-0.15, -0.1) is 0 Å². The number of hydrogen-bond donors (Lipinski definition) is 3. The van der Waals surface area contributed by atoms with E-state index in [9.17, 15) is 4.79 Å². The molecule has 0 spiro atoms. The quantitative estimate of drug-likeness (QED) is 0.647. The number of H-pyrrole nitrogens is 1. The van der Waals surface area contributed by atoms with Crippen molar-refractivity contribution in [3.63, 3.8) is 0 Å². The summed E-state index contributed by atoms with van der Waals surface area (Å²) in [6, 6.07) is 1.98. The number of hydrogen-bond acceptors (Lipinski definition) is 2. The molecule has 1 saturated heterocycles. The van der Waals surface area contributed by atoms with Gasteiger partial charge < -0.3 is 20.5 Å². The molecule has 1 aromatic heterocycles. The van der Waals surface area contributed by atoms with E-state index in [2.05, 4.69) is 15.6 Å². The minimum atomic E-state index is 0.0256. The molecule has 2 amide bonds. The van der Waals surface area contributed by atoms with Gasteiger partial charge in [-0.1, -0.05) is 0 Å². The minimum absolute atomic E-state index is 0.0256. The summed E-state index contributed by atoms with van der Waals surface area (Å²) in [5, 5.41) is 6.11. The van der Waals surface area contributed by atoms with Crippen LogP contribution in [-0.2, 0) is 6.54 Å². The van der Waals surface area contributed by atoms with E-state index in [-0.39, 0.29) is 6.03 Å². The predicted octanol–water partition coefficient (Wildman–Crippen LogP) is 0.130. The van der Waals surface area contributed by atoms with E-state index in [0.717, 1.165) is 31.7 Å². The topological polar surface area (TPSA) is 60.2 Å². The summed E-state index contributed by atoms with van der Waals surface area (Å²) >= 11 is 0. The maximum Gasteiger partial charge on any atom is 0.317 e. The summed E-state index contributed by atoms with van der Waals surface area (Å²) in [4.78, 5) is 16.5. The fraction of sp³-hybridized carbons (Fsp3) is 0.500. The van der Waals surface area contributed by atoms with Gasteiger partial charge in [-0.3, -0.25) is 0 Å². The van der Waals surface area contributed by atoms with Crippen molar-refractivity contribution < 1.29 is 4.79 Å². The molecule has 5 heteroatoms. The van der Waals surface area contributed by atoms with Crippen molar-refractivity contribution in [1.29, 1.82) is 0 Å². The maximum absolute atomic E-state index is 11.7. The van der Waals surface area contributed by atoms with Crippen LogP contribution in [0.4, 0.5) is 4.79 Å². The molecule has 0 unspecified atom stereocenters. The molecule has 2 heterocycles. The summed E-state index contributed by atoms with van der Waals surface area (Å²) in [5.74, 6) is 0. The van der Waals surface area contributed by atoms with Crippen molar-refractivity contribution in [1.82, 2.24) is 20.5 Å². The standard InChI is InChI=1S/C10H16N4O/c15-10(14-5-3-11-4-6-14)13-8-9-1-2-12-7-9/h1-2,7,11-12H,3-6,8H2,(H,13,15). The Labute approximate surface area is 88.8 Å². The Balaban J connectivity index is 1.76. The Morgan fingerprint density at radius 1 is 1.47 bits per heavy atom. The van der Waals surface area contributed by atoms with Crippen molar-refractivity contribution >= 4 is 6.03 Å². The van der Waals surface area contributed by atoms with Crippen molar-refractivity contribution in [3.8, 4) is 0 Å². The molecule has 82 valence electrons. The van der Waals surface area contributed by atoms with Crippen LogP contribution in [0.1, 0.15) is 5.56 Å². The van der Waals surface area contributed by atoms with Crippen LogP contribution in [0.15, 0.2) is 18.5 Å². The van der Waals surface area contributed by atoms with Crippen molar-refractivity contribution in [2.75, 3.05) is 26.2 Å². The van der Waals surface area contributed by atoms with E-state index in [1.54, 1.807) is 0 Å². The molecule has 0 atom stereocenters. The average Bonchev–Trinajstić information content (AvgIpc) is 2.80. The molecule has 15 heavy (non-hydrogen) atoms. The first-order chi connectivity index (χ1) is 7.36. The third kappa shape index (κ3) is 2.73. The lowest BCUT2D eigenvalue weighted by Gasteiger charge is -2.27. The molecular formula is C10H16N4O. The molecule has 1 fully saturated rings. The molecule has 3 N–H and O–H groups in total. The normalized spacial score (nSPS) is 16.4. The van der Waals surface area contributed by atoms with Gasteiger partial charge in [-0.2, -0.15) is 0 Å². The van der Waals surface area contributed by atoms with E-state index in [1.165, 1.54) is 0 Å². The van der Waals surface area contributed by atoms with Crippen LogP contribution >= 0.6 is 0 Å². The van der Waals surface area contributed by atoms with Gasteiger partial charge in [0, 0.05) is 45.1 Å². The number of nitrogens with zero attached hydrogens (tertiary/aromatic N) is 1. The van der Waals surface area contributed by atoms with Crippen LogP contribution in [0.5, 0.6) is 0 Å². The zero-order valence-electron chi connectivity index (χ0n) is 8.62. The molecule has 5 nitrogen and oxygen atoms in total. The summed E-state index contributed by atoms with van der Waals surface area (Å²) in [5.41, 5.74) is 1.10. The third-order valence-corrected chi connectivity index (χ3v) is 2.51. The van der Waals surface area contributed by atoms with Gasteiger partial charge in [0.15, 0.2) is 0 Å². The monoisotopic (exact) mass is 208 g/mol. The number of aromatic nitrogens is 1. The smallest absolute Gasteiger partial charge is 0.317 e.